The number of amides is 2. The first kappa shape index (κ1) is 26.9. The van der Waals surface area contributed by atoms with Crippen molar-refractivity contribution in [1.82, 2.24) is 5.32 Å². The molecular formula is C29H35N3O4. The number of carbonyl (C=O) groups is 2. The van der Waals surface area contributed by atoms with Crippen LogP contribution in [0.1, 0.15) is 44.2 Å². The van der Waals surface area contributed by atoms with Gasteiger partial charge in [0.1, 0.15) is 18.5 Å². The molecular weight excluding hydrogens is 454 g/mol. The molecule has 0 unspecified atom stereocenters. The van der Waals surface area contributed by atoms with Gasteiger partial charge in [0.05, 0.1) is 0 Å². The fourth-order valence-corrected chi connectivity index (χ4v) is 4.01. The van der Waals surface area contributed by atoms with Crippen molar-refractivity contribution >= 4 is 23.2 Å². The largest absolute Gasteiger partial charge is 0.491 e. The number of nitrogens with one attached hydrogen (secondary N) is 3. The lowest BCUT2D eigenvalue weighted by molar-refractivity contribution is -0.115. The molecule has 3 aromatic carbocycles. The van der Waals surface area contributed by atoms with Gasteiger partial charge in [0.25, 0.3) is 0 Å². The van der Waals surface area contributed by atoms with Crippen LogP contribution in [0.2, 0.25) is 0 Å². The number of hydrogen-bond acceptors (Lipinski definition) is 5. The number of rotatable bonds is 12. The van der Waals surface area contributed by atoms with Crippen molar-refractivity contribution in [3.8, 4) is 5.75 Å². The topological polar surface area (TPSA) is 99.7 Å². The molecule has 36 heavy (non-hydrogen) atoms. The molecule has 0 heterocycles. The predicted octanol–water partition coefficient (Wildman–Crippen LogP) is 4.54. The Balaban J connectivity index is 1.66. The minimum atomic E-state index is -0.639. The van der Waals surface area contributed by atoms with E-state index < -0.39 is 6.10 Å². The maximum atomic E-state index is 11.4. The maximum absolute atomic E-state index is 11.4. The zero-order valence-corrected chi connectivity index (χ0v) is 21.0. The average molecular weight is 490 g/mol. The fraction of sp³-hybridized carbons (Fsp3) is 0.310. The van der Waals surface area contributed by atoms with Crippen LogP contribution in [0.15, 0.2) is 78.9 Å². The molecule has 0 bridgehead atoms. The van der Waals surface area contributed by atoms with Gasteiger partial charge in [-0.15, -0.1) is 0 Å². The number of hydrogen-bond donors (Lipinski definition) is 4. The highest BCUT2D eigenvalue weighted by Gasteiger charge is 2.19. The third kappa shape index (κ3) is 8.83. The van der Waals surface area contributed by atoms with Gasteiger partial charge >= 0.3 is 0 Å². The first-order valence-corrected chi connectivity index (χ1v) is 12.1. The third-order valence-corrected chi connectivity index (χ3v) is 5.74. The molecule has 0 saturated heterocycles. The van der Waals surface area contributed by atoms with Crippen molar-refractivity contribution < 1.29 is 19.4 Å². The van der Waals surface area contributed by atoms with Crippen LogP contribution in [-0.2, 0) is 9.59 Å². The summed E-state index contributed by atoms with van der Waals surface area (Å²) >= 11 is 0. The minimum absolute atomic E-state index is 0.0722. The molecule has 3 aromatic rings. The Kier molecular flexibility index (Phi) is 10.0. The summed E-state index contributed by atoms with van der Waals surface area (Å²) in [4.78, 5) is 22.8. The van der Waals surface area contributed by atoms with E-state index in [9.17, 15) is 14.7 Å². The minimum Gasteiger partial charge on any atom is -0.491 e. The van der Waals surface area contributed by atoms with Crippen molar-refractivity contribution in [3.05, 3.63) is 90.0 Å². The van der Waals surface area contributed by atoms with Gasteiger partial charge in [-0.3, -0.25) is 9.59 Å². The molecule has 190 valence electrons. The molecule has 2 atom stereocenters. The van der Waals surface area contributed by atoms with Gasteiger partial charge in [0.15, 0.2) is 0 Å². The standard InChI is InChI=1S/C29H35N3O4/c1-20(30-18-27(35)19-36-28-7-5-4-6-8-28)17-29(23-9-13-25(14-10-23)31-21(2)33)24-11-15-26(16-12-24)32-22(3)34/h4-16,20,27,29-30,35H,17-19H2,1-3H3,(H,31,33)(H,32,34)/t20-,27-/m0/s1. The molecule has 0 saturated carbocycles. The molecule has 0 spiro atoms. The van der Waals surface area contributed by atoms with E-state index in [1.165, 1.54) is 13.8 Å². The number of aliphatic hydroxyl groups is 1. The van der Waals surface area contributed by atoms with Gasteiger partial charge in [0, 0.05) is 43.7 Å². The van der Waals surface area contributed by atoms with Crippen LogP contribution in [0.4, 0.5) is 11.4 Å². The summed E-state index contributed by atoms with van der Waals surface area (Å²) in [6.45, 7) is 5.68. The van der Waals surface area contributed by atoms with Crippen LogP contribution in [0.5, 0.6) is 5.75 Å². The second-order valence-electron chi connectivity index (χ2n) is 8.98. The lowest BCUT2D eigenvalue weighted by atomic mass is 9.86. The normalized spacial score (nSPS) is 12.6. The second kappa shape index (κ2) is 13.4. The summed E-state index contributed by atoms with van der Waals surface area (Å²) in [5.74, 6) is 0.582. The second-order valence-corrected chi connectivity index (χ2v) is 8.98. The molecule has 0 aliphatic rings. The first-order chi connectivity index (χ1) is 17.3. The van der Waals surface area contributed by atoms with Crippen molar-refractivity contribution in [2.75, 3.05) is 23.8 Å². The number of carbonyl (C=O) groups excluding carboxylic acids is 2. The summed E-state index contributed by atoms with van der Waals surface area (Å²) in [6.07, 6.45) is 0.144. The number of benzene rings is 3. The van der Waals surface area contributed by atoms with Crippen molar-refractivity contribution in [1.29, 1.82) is 0 Å². The zero-order valence-electron chi connectivity index (χ0n) is 21.0. The first-order valence-electron chi connectivity index (χ1n) is 12.1. The lowest BCUT2D eigenvalue weighted by Gasteiger charge is -2.24. The van der Waals surface area contributed by atoms with E-state index in [2.05, 4.69) is 22.9 Å². The van der Waals surface area contributed by atoms with Crippen LogP contribution >= 0.6 is 0 Å². The van der Waals surface area contributed by atoms with Crippen LogP contribution in [0.3, 0.4) is 0 Å². The maximum Gasteiger partial charge on any atom is 0.221 e. The van der Waals surface area contributed by atoms with Crippen LogP contribution in [-0.4, -0.2) is 42.2 Å². The Hall–Kier alpha value is -3.68. The Bertz CT molecular complexity index is 1040. The molecule has 0 aliphatic heterocycles. The zero-order chi connectivity index (χ0) is 25.9. The van der Waals surface area contributed by atoms with Crippen LogP contribution < -0.4 is 20.7 Å². The molecule has 4 N–H and O–H groups in total. The molecule has 3 rings (SSSR count). The van der Waals surface area contributed by atoms with Gasteiger partial charge in [-0.25, -0.2) is 0 Å². The highest BCUT2D eigenvalue weighted by atomic mass is 16.5. The third-order valence-electron chi connectivity index (χ3n) is 5.74. The Morgan fingerprint density at radius 2 is 1.31 bits per heavy atom. The molecule has 0 aromatic heterocycles. The molecule has 7 heteroatoms. The van der Waals surface area contributed by atoms with Gasteiger partial charge in [0.2, 0.25) is 11.8 Å². The number of aliphatic hydroxyl groups excluding tert-OH is 1. The van der Waals surface area contributed by atoms with E-state index in [1.54, 1.807) is 0 Å². The number of anilines is 2. The van der Waals surface area contributed by atoms with E-state index in [0.29, 0.717) is 6.54 Å². The van der Waals surface area contributed by atoms with Gasteiger partial charge in [-0.1, -0.05) is 42.5 Å². The Morgan fingerprint density at radius 1 is 0.806 bits per heavy atom. The van der Waals surface area contributed by atoms with E-state index in [1.807, 2.05) is 78.9 Å². The summed E-state index contributed by atoms with van der Waals surface area (Å²) < 4.78 is 5.65. The lowest BCUT2D eigenvalue weighted by Crippen LogP contribution is -2.37. The molecule has 2 amide bonds. The van der Waals surface area contributed by atoms with Crippen LogP contribution in [0, 0.1) is 0 Å². The highest BCUT2D eigenvalue weighted by Crippen LogP contribution is 2.31. The summed E-state index contributed by atoms with van der Waals surface area (Å²) in [7, 11) is 0. The molecule has 0 aliphatic carbocycles. The molecule has 7 nitrogen and oxygen atoms in total. The smallest absolute Gasteiger partial charge is 0.221 e. The monoisotopic (exact) mass is 489 g/mol. The van der Waals surface area contributed by atoms with Crippen LogP contribution in [0.25, 0.3) is 0 Å². The SMILES string of the molecule is CC(=O)Nc1ccc(C(C[C@H](C)NC[C@H](O)COc2ccccc2)c2ccc(NC(C)=O)cc2)cc1. The van der Waals surface area contributed by atoms with E-state index in [0.717, 1.165) is 34.7 Å². The molecule has 0 radical (unpaired) electrons. The van der Waals surface area contributed by atoms with Crippen molar-refractivity contribution in [2.45, 2.75) is 45.3 Å². The summed E-state index contributed by atoms with van der Waals surface area (Å²) in [5.41, 5.74) is 3.72. The Labute approximate surface area is 212 Å². The van der Waals surface area contributed by atoms with E-state index in [4.69, 9.17) is 4.74 Å². The van der Waals surface area contributed by atoms with Gasteiger partial charge in [-0.2, -0.15) is 0 Å². The number of ether oxygens (including phenoxy) is 1. The van der Waals surface area contributed by atoms with Gasteiger partial charge in [-0.05, 0) is 60.9 Å². The van der Waals surface area contributed by atoms with E-state index in [-0.39, 0.29) is 30.4 Å². The summed E-state index contributed by atoms with van der Waals surface area (Å²) in [5, 5.41) is 19.4. The van der Waals surface area contributed by atoms with Crippen molar-refractivity contribution in [2.24, 2.45) is 0 Å². The molecule has 0 fully saturated rings. The van der Waals surface area contributed by atoms with E-state index >= 15 is 0 Å². The average Bonchev–Trinajstić information content (AvgIpc) is 2.86. The predicted molar refractivity (Wildman–Crippen MR) is 143 cm³/mol. The number of para-hydroxylation sites is 1. The summed E-state index contributed by atoms with van der Waals surface area (Å²) in [6, 6.07) is 25.2. The van der Waals surface area contributed by atoms with Gasteiger partial charge < -0.3 is 25.8 Å². The fourth-order valence-electron chi connectivity index (χ4n) is 4.01. The highest BCUT2D eigenvalue weighted by molar-refractivity contribution is 5.89. The quantitative estimate of drug-likeness (QED) is 0.299. The van der Waals surface area contributed by atoms with Crippen molar-refractivity contribution in [3.63, 3.8) is 0 Å². The Morgan fingerprint density at radius 3 is 1.78 bits per heavy atom.